The first-order valence-electron chi connectivity index (χ1n) is 7.13. The second-order valence-electron chi connectivity index (χ2n) is 5.31. The maximum absolute atomic E-state index is 11.9. The Bertz CT molecular complexity index is 282. The van der Waals surface area contributed by atoms with Crippen molar-refractivity contribution in [2.24, 2.45) is 5.73 Å². The van der Waals surface area contributed by atoms with Crippen LogP contribution in [0.3, 0.4) is 0 Å². The van der Waals surface area contributed by atoms with Crippen LogP contribution in [0.15, 0.2) is 0 Å². The Hall–Kier alpha value is -0.850. The Kier molecular flexibility index (Phi) is 6.54. The van der Waals surface area contributed by atoms with Gasteiger partial charge in [0.25, 0.3) is 0 Å². The van der Waals surface area contributed by atoms with Crippen LogP contribution in [0.2, 0.25) is 0 Å². The van der Waals surface area contributed by atoms with E-state index in [1.165, 1.54) is 0 Å². The van der Waals surface area contributed by atoms with Crippen molar-refractivity contribution in [3.05, 3.63) is 0 Å². The van der Waals surface area contributed by atoms with Gasteiger partial charge in [-0.3, -0.25) is 4.90 Å². The number of ether oxygens (including phenoxy) is 1. The summed E-state index contributed by atoms with van der Waals surface area (Å²) in [5, 5.41) is 5.89. The molecule has 2 unspecified atom stereocenters. The van der Waals surface area contributed by atoms with Crippen molar-refractivity contribution in [2.75, 3.05) is 33.0 Å². The number of hydrogen-bond donors (Lipinski definition) is 3. The fourth-order valence-electron chi connectivity index (χ4n) is 2.14. The molecule has 1 heterocycles. The predicted octanol–water partition coefficient (Wildman–Crippen LogP) is 0.481. The lowest BCUT2D eigenvalue weighted by Crippen LogP contribution is -2.60. The Morgan fingerprint density at radius 2 is 2.05 bits per heavy atom. The van der Waals surface area contributed by atoms with E-state index >= 15 is 0 Å². The van der Waals surface area contributed by atoms with Gasteiger partial charge in [0.05, 0.1) is 25.4 Å². The predicted molar refractivity (Wildman–Crippen MR) is 75.9 cm³/mol. The van der Waals surface area contributed by atoms with Crippen LogP contribution < -0.4 is 16.4 Å². The minimum atomic E-state index is -0.357. The van der Waals surface area contributed by atoms with Crippen LogP contribution in [0.1, 0.15) is 33.6 Å². The van der Waals surface area contributed by atoms with Gasteiger partial charge in [-0.1, -0.05) is 13.8 Å². The van der Waals surface area contributed by atoms with Crippen LogP contribution >= 0.6 is 0 Å². The van der Waals surface area contributed by atoms with Gasteiger partial charge in [-0.05, 0) is 19.8 Å². The fraction of sp³-hybridized carbons (Fsp3) is 0.923. The van der Waals surface area contributed by atoms with Gasteiger partial charge in [-0.25, -0.2) is 4.79 Å². The number of hydrogen-bond acceptors (Lipinski definition) is 4. The number of amides is 2. The quantitative estimate of drug-likeness (QED) is 0.657. The van der Waals surface area contributed by atoms with Crippen LogP contribution in [0.5, 0.6) is 0 Å². The minimum Gasteiger partial charge on any atom is -0.379 e. The van der Waals surface area contributed by atoms with Gasteiger partial charge in [0.2, 0.25) is 0 Å². The molecule has 6 heteroatoms. The lowest BCUT2D eigenvalue weighted by Gasteiger charge is -2.35. The van der Waals surface area contributed by atoms with Gasteiger partial charge >= 0.3 is 6.03 Å². The Morgan fingerprint density at radius 3 is 2.58 bits per heavy atom. The number of nitrogens with one attached hydrogen (secondary N) is 2. The maximum Gasteiger partial charge on any atom is 0.316 e. The van der Waals surface area contributed by atoms with Gasteiger partial charge in [0, 0.05) is 19.1 Å². The zero-order chi connectivity index (χ0) is 14.3. The smallest absolute Gasteiger partial charge is 0.316 e. The normalized spacial score (nSPS) is 21.5. The maximum atomic E-state index is 11.9. The van der Waals surface area contributed by atoms with E-state index in [1.807, 2.05) is 20.8 Å². The molecule has 112 valence electrons. The van der Waals surface area contributed by atoms with Gasteiger partial charge < -0.3 is 21.1 Å². The molecule has 0 aromatic carbocycles. The first-order valence-corrected chi connectivity index (χ1v) is 7.13. The molecule has 0 aromatic rings. The molecule has 1 saturated heterocycles. The zero-order valence-corrected chi connectivity index (χ0v) is 12.4. The number of morpholine rings is 1. The molecule has 1 aliphatic rings. The monoisotopic (exact) mass is 272 g/mol. The molecular formula is C13H28N4O2. The number of carbonyl (C=O) groups excluding carboxylic acids is 1. The lowest BCUT2D eigenvalue weighted by molar-refractivity contribution is 0.0353. The topological polar surface area (TPSA) is 79.6 Å². The van der Waals surface area contributed by atoms with Crippen molar-refractivity contribution >= 4 is 6.03 Å². The summed E-state index contributed by atoms with van der Waals surface area (Å²) in [5.41, 5.74) is 5.72. The number of rotatable bonds is 6. The van der Waals surface area contributed by atoms with Crippen LogP contribution in [0.25, 0.3) is 0 Å². The van der Waals surface area contributed by atoms with Crippen LogP contribution in [0.4, 0.5) is 4.79 Å². The highest BCUT2D eigenvalue weighted by Gasteiger charge is 2.30. The summed E-state index contributed by atoms with van der Waals surface area (Å²) in [5.74, 6) is 0. The van der Waals surface area contributed by atoms with E-state index in [0.29, 0.717) is 6.67 Å². The second-order valence-corrected chi connectivity index (χ2v) is 5.31. The number of nitrogens with two attached hydrogens (primary N) is 1. The van der Waals surface area contributed by atoms with Crippen LogP contribution in [-0.4, -0.2) is 55.5 Å². The average molecular weight is 272 g/mol. The number of urea groups is 1. The molecule has 19 heavy (non-hydrogen) atoms. The first kappa shape index (κ1) is 16.2. The molecule has 6 nitrogen and oxygen atoms in total. The molecule has 1 fully saturated rings. The van der Waals surface area contributed by atoms with Gasteiger partial charge in [0.15, 0.2) is 0 Å². The summed E-state index contributed by atoms with van der Waals surface area (Å²) in [4.78, 5) is 14.1. The minimum absolute atomic E-state index is 0.0355. The highest BCUT2D eigenvalue weighted by molar-refractivity contribution is 5.74. The van der Waals surface area contributed by atoms with E-state index in [9.17, 15) is 4.79 Å². The summed E-state index contributed by atoms with van der Waals surface area (Å²) in [6.07, 6.45) is 1.65. The summed E-state index contributed by atoms with van der Waals surface area (Å²) < 4.78 is 5.26. The van der Waals surface area contributed by atoms with E-state index < -0.39 is 0 Å². The third-order valence-corrected chi connectivity index (χ3v) is 3.96. The van der Waals surface area contributed by atoms with E-state index in [4.69, 9.17) is 10.5 Å². The summed E-state index contributed by atoms with van der Waals surface area (Å²) >= 11 is 0. The van der Waals surface area contributed by atoms with Gasteiger partial charge in [-0.15, -0.1) is 0 Å². The highest BCUT2D eigenvalue weighted by Crippen LogP contribution is 2.15. The first-order chi connectivity index (χ1) is 9.01. The molecule has 0 aromatic heterocycles. The molecule has 0 bridgehead atoms. The van der Waals surface area contributed by atoms with Crippen molar-refractivity contribution in [1.29, 1.82) is 0 Å². The molecule has 2 atom stereocenters. The van der Waals surface area contributed by atoms with Crippen molar-refractivity contribution in [3.63, 3.8) is 0 Å². The highest BCUT2D eigenvalue weighted by atomic mass is 16.5. The van der Waals surface area contributed by atoms with Gasteiger partial charge in [-0.2, -0.15) is 0 Å². The standard InChI is InChI=1S/C13H28N4O2/c1-4-11(14)13(3,5-2)16-12(18)15-10-17-6-8-19-9-7-17/h11H,4-10,14H2,1-3H3,(H2,15,16,18). The SMILES string of the molecule is CCC(N)C(C)(CC)NC(=O)NCN1CCOCC1. The Labute approximate surface area is 116 Å². The molecule has 1 rings (SSSR count). The summed E-state index contributed by atoms with van der Waals surface area (Å²) in [6, 6.07) is -0.189. The van der Waals surface area contributed by atoms with E-state index in [-0.39, 0.29) is 17.6 Å². The molecule has 0 saturated carbocycles. The zero-order valence-electron chi connectivity index (χ0n) is 12.4. The summed E-state index contributed by atoms with van der Waals surface area (Å²) in [6.45, 7) is 9.81. The molecule has 0 aliphatic carbocycles. The van der Waals surface area contributed by atoms with Gasteiger partial charge in [0.1, 0.15) is 0 Å². The van der Waals surface area contributed by atoms with Crippen molar-refractivity contribution < 1.29 is 9.53 Å². The number of carbonyl (C=O) groups is 1. The molecule has 1 aliphatic heterocycles. The Morgan fingerprint density at radius 1 is 1.42 bits per heavy atom. The average Bonchev–Trinajstić information content (AvgIpc) is 2.45. The van der Waals surface area contributed by atoms with Crippen LogP contribution in [0, 0.1) is 0 Å². The molecule has 4 N–H and O–H groups in total. The summed E-state index contributed by atoms with van der Waals surface area (Å²) in [7, 11) is 0. The van der Waals surface area contributed by atoms with Crippen molar-refractivity contribution in [2.45, 2.75) is 45.2 Å². The van der Waals surface area contributed by atoms with E-state index in [0.717, 1.165) is 39.1 Å². The fourth-order valence-corrected chi connectivity index (χ4v) is 2.14. The van der Waals surface area contributed by atoms with E-state index in [1.54, 1.807) is 0 Å². The van der Waals surface area contributed by atoms with Crippen LogP contribution in [-0.2, 0) is 4.74 Å². The Balaban J connectivity index is 2.36. The third kappa shape index (κ3) is 4.97. The number of nitrogens with zero attached hydrogens (tertiary/aromatic N) is 1. The molecule has 2 amide bonds. The second kappa shape index (κ2) is 7.67. The molecular weight excluding hydrogens is 244 g/mol. The van der Waals surface area contributed by atoms with Crippen molar-refractivity contribution in [1.82, 2.24) is 15.5 Å². The van der Waals surface area contributed by atoms with Crippen molar-refractivity contribution in [3.8, 4) is 0 Å². The molecule has 0 spiro atoms. The third-order valence-electron chi connectivity index (χ3n) is 3.96. The van der Waals surface area contributed by atoms with E-state index in [2.05, 4.69) is 15.5 Å². The molecule has 0 radical (unpaired) electrons. The largest absolute Gasteiger partial charge is 0.379 e. The lowest BCUT2D eigenvalue weighted by atomic mass is 9.88.